The maximum absolute atomic E-state index is 6.13. The van der Waals surface area contributed by atoms with Crippen LogP contribution in [0.5, 0.6) is 5.75 Å². The van der Waals surface area contributed by atoms with Gasteiger partial charge in [-0.3, -0.25) is 5.43 Å². The predicted molar refractivity (Wildman–Crippen MR) is 105 cm³/mol. The number of benzene rings is 2. The molecule has 0 radical (unpaired) electrons. The zero-order valence-electron chi connectivity index (χ0n) is 11.7. The smallest absolute Gasteiger partial charge is 0.184 e. The molecule has 0 fully saturated rings. The number of rotatable bonds is 5. The van der Waals surface area contributed by atoms with E-state index in [1.807, 2.05) is 36.4 Å². The molecule has 0 bridgehead atoms. The number of hydrogen-bond acceptors (Lipinski definition) is 3. The van der Waals surface area contributed by atoms with Gasteiger partial charge in [-0.25, -0.2) is 0 Å². The van der Waals surface area contributed by atoms with Crippen LogP contribution < -0.4 is 15.9 Å². The van der Waals surface area contributed by atoms with E-state index in [9.17, 15) is 0 Å². The Morgan fingerprint density at radius 1 is 1.30 bits per heavy atom. The van der Waals surface area contributed by atoms with Crippen LogP contribution in [0.15, 0.2) is 50.4 Å². The first-order valence-corrected chi connectivity index (χ1v) is 8.78. The van der Waals surface area contributed by atoms with Crippen LogP contribution in [-0.2, 0) is 6.61 Å². The Morgan fingerprint density at radius 2 is 1.96 bits per heavy atom. The summed E-state index contributed by atoms with van der Waals surface area (Å²) in [6.07, 6.45) is 1.60. The van der Waals surface area contributed by atoms with Crippen molar-refractivity contribution in [3.8, 4) is 5.75 Å². The van der Waals surface area contributed by atoms with E-state index >= 15 is 0 Å². The van der Waals surface area contributed by atoms with E-state index in [1.54, 1.807) is 6.21 Å². The predicted octanol–water partition coefficient (Wildman–Crippen LogP) is 4.61. The molecule has 2 aromatic carbocycles. The van der Waals surface area contributed by atoms with Gasteiger partial charge in [0.25, 0.3) is 0 Å². The normalized spacial score (nSPS) is 10.7. The van der Waals surface area contributed by atoms with Crippen LogP contribution in [0.4, 0.5) is 0 Å². The Kier molecular flexibility index (Phi) is 6.83. The van der Waals surface area contributed by atoms with Crippen LogP contribution in [0.1, 0.15) is 11.1 Å². The molecular formula is C15H12Br2ClN3OS. The van der Waals surface area contributed by atoms with E-state index in [-0.39, 0.29) is 5.11 Å². The topological polar surface area (TPSA) is 59.6 Å². The zero-order chi connectivity index (χ0) is 16.8. The summed E-state index contributed by atoms with van der Waals surface area (Å²) in [6.45, 7) is 0.368. The molecule has 120 valence electrons. The van der Waals surface area contributed by atoms with Gasteiger partial charge in [-0.05, 0) is 67.8 Å². The highest BCUT2D eigenvalue weighted by Gasteiger charge is 2.10. The molecule has 23 heavy (non-hydrogen) atoms. The fourth-order valence-corrected chi connectivity index (χ4v) is 3.42. The number of ether oxygens (including phenoxy) is 1. The van der Waals surface area contributed by atoms with Gasteiger partial charge in [0.05, 0.1) is 15.2 Å². The number of nitrogens with zero attached hydrogens (tertiary/aromatic N) is 1. The second-order valence-corrected chi connectivity index (χ2v) is 6.98. The van der Waals surface area contributed by atoms with Gasteiger partial charge in [-0.15, -0.1) is 0 Å². The lowest BCUT2D eigenvalue weighted by molar-refractivity contribution is 0.302. The van der Waals surface area contributed by atoms with Crippen molar-refractivity contribution in [3.63, 3.8) is 0 Å². The zero-order valence-corrected chi connectivity index (χ0v) is 16.5. The van der Waals surface area contributed by atoms with E-state index in [1.165, 1.54) is 0 Å². The molecule has 2 rings (SSSR count). The fraction of sp³-hybridized carbons (Fsp3) is 0.0667. The quantitative estimate of drug-likeness (QED) is 0.375. The molecular weight excluding hydrogens is 466 g/mol. The summed E-state index contributed by atoms with van der Waals surface area (Å²) >= 11 is 17.8. The van der Waals surface area contributed by atoms with Gasteiger partial charge in [0.15, 0.2) is 5.11 Å². The largest absolute Gasteiger partial charge is 0.486 e. The van der Waals surface area contributed by atoms with Crippen LogP contribution >= 0.6 is 55.7 Å². The Bertz CT molecular complexity index is 732. The Hall–Kier alpha value is -1.15. The third-order valence-corrected chi connectivity index (χ3v) is 4.38. The molecule has 0 heterocycles. The first kappa shape index (κ1) is 18.2. The first-order valence-electron chi connectivity index (χ1n) is 6.41. The van der Waals surface area contributed by atoms with Crippen LogP contribution in [0.2, 0.25) is 5.02 Å². The minimum atomic E-state index is 0.110. The standard InChI is InChI=1S/C15H12Br2ClN3OS/c16-11-5-9(7-20-21-15(19)23)6-12(17)14(11)22-8-10-3-1-2-4-13(10)18/h1-7H,8H2,(H3,19,21,23)/b20-7-. The number of nitrogens with two attached hydrogens (primary N) is 1. The highest BCUT2D eigenvalue weighted by molar-refractivity contribution is 9.11. The van der Waals surface area contributed by atoms with Crippen molar-refractivity contribution in [2.75, 3.05) is 0 Å². The first-order chi connectivity index (χ1) is 11.0. The number of hydrazone groups is 1. The van der Waals surface area contributed by atoms with Gasteiger partial charge in [-0.2, -0.15) is 5.10 Å². The third kappa shape index (κ3) is 5.46. The molecule has 3 N–H and O–H groups in total. The molecule has 0 amide bonds. The third-order valence-electron chi connectivity index (χ3n) is 2.74. The highest BCUT2D eigenvalue weighted by atomic mass is 79.9. The lowest BCUT2D eigenvalue weighted by atomic mass is 10.2. The molecule has 0 atom stereocenters. The van der Waals surface area contributed by atoms with Crippen molar-refractivity contribution >= 4 is 67.0 Å². The van der Waals surface area contributed by atoms with Crippen molar-refractivity contribution in [1.82, 2.24) is 5.43 Å². The van der Waals surface area contributed by atoms with Crippen LogP contribution in [0.25, 0.3) is 0 Å². The lowest BCUT2D eigenvalue weighted by Crippen LogP contribution is -2.23. The van der Waals surface area contributed by atoms with Crippen molar-refractivity contribution in [1.29, 1.82) is 0 Å². The minimum Gasteiger partial charge on any atom is -0.486 e. The lowest BCUT2D eigenvalue weighted by Gasteiger charge is -2.12. The average molecular weight is 478 g/mol. The monoisotopic (exact) mass is 475 g/mol. The number of thiocarbonyl (C=S) groups is 1. The van der Waals surface area contributed by atoms with Crippen molar-refractivity contribution < 1.29 is 4.74 Å². The fourth-order valence-electron chi connectivity index (χ4n) is 1.73. The number of nitrogens with one attached hydrogen (secondary N) is 1. The summed E-state index contributed by atoms with van der Waals surface area (Å²) in [5.41, 5.74) is 9.57. The van der Waals surface area contributed by atoms with Gasteiger partial charge in [0.2, 0.25) is 0 Å². The summed E-state index contributed by atoms with van der Waals surface area (Å²) in [5, 5.41) is 4.70. The molecule has 0 aliphatic carbocycles. The van der Waals surface area contributed by atoms with Gasteiger partial charge >= 0.3 is 0 Å². The summed E-state index contributed by atoms with van der Waals surface area (Å²) < 4.78 is 7.43. The van der Waals surface area contributed by atoms with E-state index in [0.717, 1.165) is 20.1 Å². The number of halogens is 3. The van der Waals surface area contributed by atoms with E-state index < -0.39 is 0 Å². The average Bonchev–Trinajstić information content (AvgIpc) is 2.48. The van der Waals surface area contributed by atoms with Crippen LogP contribution in [0.3, 0.4) is 0 Å². The van der Waals surface area contributed by atoms with Crippen LogP contribution in [0, 0.1) is 0 Å². The summed E-state index contributed by atoms with van der Waals surface area (Å²) in [6, 6.07) is 11.3. The molecule has 2 aromatic rings. The van der Waals surface area contributed by atoms with Gasteiger partial charge < -0.3 is 10.5 Å². The Morgan fingerprint density at radius 3 is 2.57 bits per heavy atom. The summed E-state index contributed by atoms with van der Waals surface area (Å²) in [7, 11) is 0. The van der Waals surface area contributed by atoms with Crippen molar-refractivity contribution in [2.45, 2.75) is 6.61 Å². The molecule has 0 aromatic heterocycles. The maximum atomic E-state index is 6.13. The highest BCUT2D eigenvalue weighted by Crippen LogP contribution is 2.35. The molecule has 4 nitrogen and oxygen atoms in total. The minimum absolute atomic E-state index is 0.110. The molecule has 0 aliphatic rings. The summed E-state index contributed by atoms with van der Waals surface area (Å²) in [5.74, 6) is 0.685. The van der Waals surface area contributed by atoms with Gasteiger partial charge in [-0.1, -0.05) is 29.8 Å². The SMILES string of the molecule is NC(=S)N/N=C\c1cc(Br)c(OCc2ccccc2Cl)c(Br)c1. The van der Waals surface area contributed by atoms with E-state index in [0.29, 0.717) is 17.4 Å². The Balaban J connectivity index is 2.13. The molecule has 0 saturated heterocycles. The molecule has 0 spiro atoms. The van der Waals surface area contributed by atoms with Crippen molar-refractivity contribution in [2.24, 2.45) is 10.8 Å². The molecule has 0 saturated carbocycles. The summed E-state index contributed by atoms with van der Waals surface area (Å²) in [4.78, 5) is 0. The molecule has 0 unspecified atom stereocenters. The van der Waals surface area contributed by atoms with Gasteiger partial charge in [0.1, 0.15) is 12.4 Å². The van der Waals surface area contributed by atoms with Crippen LogP contribution in [-0.4, -0.2) is 11.3 Å². The van der Waals surface area contributed by atoms with Crippen molar-refractivity contribution in [3.05, 3.63) is 61.5 Å². The maximum Gasteiger partial charge on any atom is 0.184 e. The Labute approximate surface area is 161 Å². The van der Waals surface area contributed by atoms with E-state index in [4.69, 9.17) is 22.1 Å². The molecule has 0 aliphatic heterocycles. The number of hydrogen-bond donors (Lipinski definition) is 2. The second-order valence-electron chi connectivity index (χ2n) is 4.43. The van der Waals surface area contributed by atoms with Gasteiger partial charge in [0, 0.05) is 10.6 Å². The molecule has 8 heteroatoms. The van der Waals surface area contributed by atoms with E-state index in [2.05, 4.69) is 54.6 Å². The second kappa shape index (κ2) is 8.63.